The van der Waals surface area contributed by atoms with E-state index in [1.807, 2.05) is 30.3 Å². The molecule has 0 aliphatic heterocycles. The Morgan fingerprint density at radius 2 is 1.58 bits per heavy atom. The molecule has 0 amide bonds. The van der Waals surface area contributed by atoms with Gasteiger partial charge in [-0.05, 0) is 36.3 Å². The molecule has 0 aliphatic carbocycles. The van der Waals surface area contributed by atoms with E-state index in [-0.39, 0.29) is 24.0 Å². The van der Waals surface area contributed by atoms with Crippen LogP contribution < -0.4 is 10.6 Å². The first-order chi connectivity index (χ1) is 14.7. The number of oxazole rings is 1. The molecule has 0 radical (unpaired) electrons. The van der Waals surface area contributed by atoms with E-state index < -0.39 is 0 Å². The smallest absolute Gasteiger partial charge is 0.226 e. The van der Waals surface area contributed by atoms with Gasteiger partial charge in [-0.15, -0.1) is 24.0 Å². The summed E-state index contributed by atoms with van der Waals surface area (Å²) in [5, 5.41) is 6.72. The number of nitrogens with zero attached hydrogens (tertiary/aromatic N) is 3. The molecule has 0 spiro atoms. The van der Waals surface area contributed by atoms with Crippen molar-refractivity contribution in [2.75, 3.05) is 20.1 Å². The van der Waals surface area contributed by atoms with Gasteiger partial charge in [-0.2, -0.15) is 0 Å². The molecule has 0 aliphatic rings. The first-order valence-electron chi connectivity index (χ1n) is 10.5. The first kappa shape index (κ1) is 24.9. The summed E-state index contributed by atoms with van der Waals surface area (Å²) in [5.74, 6) is 1.36. The van der Waals surface area contributed by atoms with Gasteiger partial charge < -0.3 is 15.1 Å². The van der Waals surface area contributed by atoms with Crippen molar-refractivity contribution in [3.63, 3.8) is 0 Å². The van der Waals surface area contributed by atoms with E-state index in [9.17, 15) is 0 Å². The fourth-order valence-corrected chi connectivity index (χ4v) is 3.25. The minimum atomic E-state index is 0. The van der Waals surface area contributed by atoms with Gasteiger partial charge in [-0.3, -0.25) is 9.89 Å². The van der Waals surface area contributed by atoms with Gasteiger partial charge in [-0.1, -0.05) is 56.3 Å². The van der Waals surface area contributed by atoms with Crippen LogP contribution in [0.1, 0.15) is 30.7 Å². The predicted octanol–water partition coefficient (Wildman–Crippen LogP) is 4.67. The van der Waals surface area contributed by atoms with E-state index in [4.69, 9.17) is 4.42 Å². The minimum absolute atomic E-state index is 0. The average molecular weight is 533 g/mol. The molecular weight excluding hydrogens is 501 g/mol. The highest BCUT2D eigenvalue weighted by atomic mass is 127. The third-order valence-electron chi connectivity index (χ3n) is 5.09. The van der Waals surface area contributed by atoms with E-state index in [0.29, 0.717) is 19.0 Å². The van der Waals surface area contributed by atoms with Crippen LogP contribution in [0.5, 0.6) is 0 Å². The van der Waals surface area contributed by atoms with Gasteiger partial charge in [0.25, 0.3) is 0 Å². The number of rotatable bonds is 9. The number of hydrogen-bond donors (Lipinski definition) is 2. The maximum absolute atomic E-state index is 5.60. The van der Waals surface area contributed by atoms with Crippen molar-refractivity contribution in [3.05, 3.63) is 77.7 Å². The van der Waals surface area contributed by atoms with Gasteiger partial charge in [0, 0.05) is 25.7 Å². The number of aromatic nitrogens is 1. The van der Waals surface area contributed by atoms with E-state index in [1.54, 1.807) is 13.3 Å². The van der Waals surface area contributed by atoms with E-state index >= 15 is 0 Å². The van der Waals surface area contributed by atoms with Crippen molar-refractivity contribution in [2.24, 2.45) is 4.99 Å². The summed E-state index contributed by atoms with van der Waals surface area (Å²) in [6, 6.07) is 18.4. The standard InChI is InChI=1S/C24H31N5O.HI/c1-4-29(5-2)17-21-14-10-9-13-20(21)15-26-24(25-3)27-16-22-18-30-23(28-22)19-11-7-6-8-12-19;/h6-14,18H,4-5,15-17H2,1-3H3,(H2,25,26,27);1H. The van der Waals surface area contributed by atoms with Gasteiger partial charge in [-0.25, -0.2) is 4.98 Å². The topological polar surface area (TPSA) is 65.7 Å². The Kier molecular flexibility index (Phi) is 10.5. The van der Waals surface area contributed by atoms with Crippen molar-refractivity contribution in [1.29, 1.82) is 0 Å². The summed E-state index contributed by atoms with van der Waals surface area (Å²) in [5.41, 5.74) is 4.42. The van der Waals surface area contributed by atoms with E-state index in [1.165, 1.54) is 11.1 Å². The number of hydrogen-bond acceptors (Lipinski definition) is 4. The molecule has 7 heteroatoms. The molecule has 0 unspecified atom stereocenters. The van der Waals surface area contributed by atoms with Crippen molar-refractivity contribution in [2.45, 2.75) is 33.5 Å². The lowest BCUT2D eigenvalue weighted by molar-refractivity contribution is 0.295. The van der Waals surface area contributed by atoms with Crippen LogP contribution in [0.2, 0.25) is 0 Å². The van der Waals surface area contributed by atoms with Crippen LogP contribution in [0.15, 0.2) is 70.3 Å². The largest absolute Gasteiger partial charge is 0.444 e. The SMILES string of the molecule is CCN(CC)Cc1ccccc1CNC(=NC)NCc1coc(-c2ccccc2)n1.I. The molecule has 0 fully saturated rings. The van der Waals surface area contributed by atoms with Gasteiger partial charge in [0.2, 0.25) is 5.89 Å². The second-order valence-electron chi connectivity index (χ2n) is 7.02. The van der Waals surface area contributed by atoms with Crippen molar-refractivity contribution < 1.29 is 4.42 Å². The number of halogens is 1. The van der Waals surface area contributed by atoms with E-state index in [0.717, 1.165) is 36.9 Å². The highest BCUT2D eigenvalue weighted by molar-refractivity contribution is 14.0. The Hall–Kier alpha value is -2.39. The summed E-state index contributed by atoms with van der Waals surface area (Å²) in [7, 11) is 1.77. The molecular formula is C24H32IN5O. The Balaban J connectivity index is 0.00000341. The molecule has 2 N–H and O–H groups in total. The quantitative estimate of drug-likeness (QED) is 0.238. The minimum Gasteiger partial charge on any atom is -0.444 e. The zero-order chi connectivity index (χ0) is 21.2. The number of aliphatic imine (C=N–C) groups is 1. The molecule has 31 heavy (non-hydrogen) atoms. The Bertz CT molecular complexity index is 938. The van der Waals surface area contributed by atoms with Crippen LogP contribution in [-0.2, 0) is 19.6 Å². The zero-order valence-corrected chi connectivity index (χ0v) is 20.8. The second kappa shape index (κ2) is 13.1. The van der Waals surface area contributed by atoms with Gasteiger partial charge in [0.05, 0.1) is 12.2 Å². The molecule has 1 heterocycles. The molecule has 166 valence electrons. The predicted molar refractivity (Wildman–Crippen MR) is 137 cm³/mol. The summed E-state index contributed by atoms with van der Waals surface area (Å²) in [6.45, 7) is 8.70. The highest BCUT2D eigenvalue weighted by Gasteiger charge is 2.09. The van der Waals surface area contributed by atoms with Crippen LogP contribution in [0.4, 0.5) is 0 Å². The summed E-state index contributed by atoms with van der Waals surface area (Å²) in [4.78, 5) is 11.3. The fourth-order valence-electron chi connectivity index (χ4n) is 3.25. The van der Waals surface area contributed by atoms with Crippen LogP contribution >= 0.6 is 24.0 Å². The molecule has 0 atom stereocenters. The molecule has 6 nitrogen and oxygen atoms in total. The van der Waals surface area contributed by atoms with Crippen LogP contribution in [0.25, 0.3) is 11.5 Å². The molecule has 3 rings (SSSR count). The summed E-state index contributed by atoms with van der Waals surface area (Å²) in [6.07, 6.45) is 1.68. The number of guanidine groups is 1. The van der Waals surface area contributed by atoms with Crippen LogP contribution in [0.3, 0.4) is 0 Å². The van der Waals surface area contributed by atoms with Crippen LogP contribution in [-0.4, -0.2) is 36.0 Å². The lowest BCUT2D eigenvalue weighted by atomic mass is 10.1. The summed E-state index contributed by atoms with van der Waals surface area (Å²) < 4.78 is 5.60. The van der Waals surface area contributed by atoms with Gasteiger partial charge in [0.1, 0.15) is 6.26 Å². The van der Waals surface area contributed by atoms with Gasteiger partial charge >= 0.3 is 0 Å². The third kappa shape index (κ3) is 7.36. The van der Waals surface area contributed by atoms with Gasteiger partial charge in [0.15, 0.2) is 5.96 Å². The lowest BCUT2D eigenvalue weighted by Crippen LogP contribution is -2.36. The lowest BCUT2D eigenvalue weighted by Gasteiger charge is -2.20. The molecule has 3 aromatic rings. The molecule has 0 saturated carbocycles. The van der Waals surface area contributed by atoms with Crippen LogP contribution in [0, 0.1) is 0 Å². The maximum Gasteiger partial charge on any atom is 0.226 e. The summed E-state index contributed by atoms with van der Waals surface area (Å²) >= 11 is 0. The molecule has 2 aromatic carbocycles. The zero-order valence-electron chi connectivity index (χ0n) is 18.5. The third-order valence-corrected chi connectivity index (χ3v) is 5.09. The number of nitrogens with one attached hydrogen (secondary N) is 2. The van der Waals surface area contributed by atoms with Crippen molar-refractivity contribution >= 4 is 29.9 Å². The molecule has 0 saturated heterocycles. The first-order valence-corrected chi connectivity index (χ1v) is 10.5. The van der Waals surface area contributed by atoms with Crippen molar-refractivity contribution in [3.8, 4) is 11.5 Å². The number of benzene rings is 2. The Morgan fingerprint density at radius 1 is 0.935 bits per heavy atom. The fraction of sp³-hybridized carbons (Fsp3) is 0.333. The Morgan fingerprint density at radius 3 is 2.26 bits per heavy atom. The maximum atomic E-state index is 5.60. The average Bonchev–Trinajstić information content (AvgIpc) is 3.28. The molecule has 0 bridgehead atoms. The van der Waals surface area contributed by atoms with E-state index in [2.05, 4.69) is 63.6 Å². The second-order valence-corrected chi connectivity index (χ2v) is 7.02. The normalized spacial score (nSPS) is 11.3. The monoisotopic (exact) mass is 533 g/mol. The molecule has 1 aromatic heterocycles. The Labute approximate surface area is 202 Å². The van der Waals surface area contributed by atoms with Crippen molar-refractivity contribution in [1.82, 2.24) is 20.5 Å². The highest BCUT2D eigenvalue weighted by Crippen LogP contribution is 2.17.